The van der Waals surface area contributed by atoms with Gasteiger partial charge in [0.2, 0.25) is 0 Å². The summed E-state index contributed by atoms with van der Waals surface area (Å²) in [5.74, 6) is 2.01. The second kappa shape index (κ2) is 10.3. The van der Waals surface area contributed by atoms with Crippen LogP contribution >= 0.6 is 0 Å². The van der Waals surface area contributed by atoms with E-state index < -0.39 is 0 Å². The predicted molar refractivity (Wildman–Crippen MR) is 103 cm³/mol. The topological polar surface area (TPSA) is 72.5 Å². The Bertz CT molecular complexity index is 719. The zero-order chi connectivity index (χ0) is 18.8. The Morgan fingerprint density at radius 3 is 2.62 bits per heavy atom. The molecular weight excluding hydrogens is 330 g/mol. The molecule has 0 aliphatic heterocycles. The average Bonchev–Trinajstić information content (AvgIpc) is 2.68. The van der Waals surface area contributed by atoms with Gasteiger partial charge >= 0.3 is 0 Å². The highest BCUT2D eigenvalue weighted by atomic mass is 16.5. The number of methoxy groups -OCH3 is 2. The SMILES string of the molecule is CCCCNc1cc(C(=O)NCCc2ccc(OC)c(OC)c2)ccn1. The third-order valence-corrected chi connectivity index (χ3v) is 4.01. The number of amides is 1. The van der Waals surface area contributed by atoms with E-state index in [1.54, 1.807) is 32.5 Å². The number of nitrogens with zero attached hydrogens (tertiary/aromatic N) is 1. The fraction of sp³-hybridized carbons (Fsp3) is 0.400. The summed E-state index contributed by atoms with van der Waals surface area (Å²) in [4.78, 5) is 16.6. The molecular formula is C20H27N3O3. The van der Waals surface area contributed by atoms with Crippen LogP contribution in [0.1, 0.15) is 35.7 Å². The lowest BCUT2D eigenvalue weighted by Crippen LogP contribution is -2.25. The molecule has 0 unspecified atom stereocenters. The minimum Gasteiger partial charge on any atom is -0.493 e. The van der Waals surface area contributed by atoms with Gasteiger partial charge in [0.25, 0.3) is 5.91 Å². The summed E-state index contributed by atoms with van der Waals surface area (Å²) in [6.07, 6.45) is 4.54. The van der Waals surface area contributed by atoms with E-state index in [0.29, 0.717) is 30.0 Å². The van der Waals surface area contributed by atoms with Crippen LogP contribution in [-0.4, -0.2) is 38.2 Å². The van der Waals surface area contributed by atoms with E-state index in [4.69, 9.17) is 9.47 Å². The Labute approximate surface area is 154 Å². The molecule has 26 heavy (non-hydrogen) atoms. The molecule has 2 rings (SSSR count). The van der Waals surface area contributed by atoms with Gasteiger partial charge in [0, 0.05) is 24.8 Å². The first-order chi connectivity index (χ1) is 12.7. The molecule has 0 saturated carbocycles. The average molecular weight is 357 g/mol. The first-order valence-corrected chi connectivity index (χ1v) is 8.87. The van der Waals surface area contributed by atoms with Crippen molar-refractivity contribution in [2.75, 3.05) is 32.6 Å². The molecule has 2 aromatic rings. The van der Waals surface area contributed by atoms with Crippen LogP contribution < -0.4 is 20.1 Å². The normalized spacial score (nSPS) is 10.3. The zero-order valence-corrected chi connectivity index (χ0v) is 15.7. The maximum Gasteiger partial charge on any atom is 0.251 e. The molecule has 0 aliphatic carbocycles. The van der Waals surface area contributed by atoms with Crippen molar-refractivity contribution in [2.45, 2.75) is 26.2 Å². The van der Waals surface area contributed by atoms with Crippen molar-refractivity contribution in [1.29, 1.82) is 0 Å². The summed E-state index contributed by atoms with van der Waals surface area (Å²) in [6, 6.07) is 9.26. The summed E-state index contributed by atoms with van der Waals surface area (Å²) in [5, 5.41) is 6.17. The molecule has 6 heteroatoms. The van der Waals surface area contributed by atoms with Crippen LogP contribution in [0.2, 0.25) is 0 Å². The molecule has 0 bridgehead atoms. The lowest BCUT2D eigenvalue weighted by Gasteiger charge is -2.10. The first kappa shape index (κ1) is 19.6. The van der Waals surface area contributed by atoms with Crippen LogP contribution in [0, 0.1) is 0 Å². The number of unbranched alkanes of at least 4 members (excludes halogenated alkanes) is 1. The summed E-state index contributed by atoms with van der Waals surface area (Å²) >= 11 is 0. The van der Waals surface area contributed by atoms with Gasteiger partial charge in [-0.1, -0.05) is 19.4 Å². The van der Waals surface area contributed by atoms with E-state index in [9.17, 15) is 4.79 Å². The maximum absolute atomic E-state index is 12.3. The molecule has 0 atom stereocenters. The van der Waals surface area contributed by atoms with Crippen molar-refractivity contribution in [1.82, 2.24) is 10.3 Å². The monoisotopic (exact) mass is 357 g/mol. The minimum absolute atomic E-state index is 0.105. The standard InChI is InChI=1S/C20H27N3O3/c1-4-5-10-21-19-14-16(9-12-22-19)20(24)23-11-8-15-6-7-17(25-2)18(13-15)26-3/h6-7,9,12-14H,4-5,8,10-11H2,1-3H3,(H,21,22)(H,23,24). The number of ether oxygens (including phenoxy) is 2. The van der Waals surface area contributed by atoms with Gasteiger partial charge in [-0.25, -0.2) is 4.98 Å². The Morgan fingerprint density at radius 1 is 1.08 bits per heavy atom. The van der Waals surface area contributed by atoms with Crippen LogP contribution in [0.4, 0.5) is 5.82 Å². The number of pyridine rings is 1. The molecule has 1 aromatic heterocycles. The molecule has 1 heterocycles. The van der Waals surface area contributed by atoms with Crippen molar-refractivity contribution in [2.24, 2.45) is 0 Å². The molecule has 2 N–H and O–H groups in total. The third kappa shape index (κ3) is 5.65. The zero-order valence-electron chi connectivity index (χ0n) is 15.7. The molecule has 1 amide bonds. The van der Waals surface area contributed by atoms with Crippen molar-refractivity contribution in [3.05, 3.63) is 47.7 Å². The summed E-state index contributed by atoms with van der Waals surface area (Å²) < 4.78 is 10.5. The smallest absolute Gasteiger partial charge is 0.251 e. The molecule has 0 fully saturated rings. The summed E-state index contributed by atoms with van der Waals surface area (Å²) in [7, 11) is 3.22. The van der Waals surface area contributed by atoms with Gasteiger partial charge in [0.05, 0.1) is 14.2 Å². The number of hydrogen-bond donors (Lipinski definition) is 2. The third-order valence-electron chi connectivity index (χ3n) is 4.01. The van der Waals surface area contributed by atoms with E-state index in [-0.39, 0.29) is 5.91 Å². The van der Waals surface area contributed by atoms with Crippen LogP contribution in [0.15, 0.2) is 36.5 Å². The maximum atomic E-state index is 12.3. The van der Waals surface area contributed by atoms with Gasteiger partial charge in [-0.15, -0.1) is 0 Å². The number of nitrogens with one attached hydrogen (secondary N) is 2. The number of benzene rings is 1. The van der Waals surface area contributed by atoms with E-state index in [2.05, 4.69) is 22.5 Å². The lowest BCUT2D eigenvalue weighted by molar-refractivity contribution is 0.0954. The number of carbonyl (C=O) groups excluding carboxylic acids is 1. The van der Waals surface area contributed by atoms with Crippen LogP contribution in [0.3, 0.4) is 0 Å². The number of hydrogen-bond acceptors (Lipinski definition) is 5. The first-order valence-electron chi connectivity index (χ1n) is 8.87. The van der Waals surface area contributed by atoms with E-state index in [0.717, 1.165) is 30.8 Å². The predicted octanol–water partition coefficient (Wildman–Crippen LogP) is 3.28. The van der Waals surface area contributed by atoms with Gasteiger partial charge < -0.3 is 20.1 Å². The fourth-order valence-electron chi connectivity index (χ4n) is 2.52. The van der Waals surface area contributed by atoms with E-state index >= 15 is 0 Å². The van der Waals surface area contributed by atoms with Crippen molar-refractivity contribution in [3.63, 3.8) is 0 Å². The Morgan fingerprint density at radius 2 is 1.88 bits per heavy atom. The highest BCUT2D eigenvalue weighted by Gasteiger charge is 2.08. The minimum atomic E-state index is -0.105. The second-order valence-corrected chi connectivity index (χ2v) is 5.91. The Balaban J connectivity index is 1.88. The number of aromatic nitrogens is 1. The van der Waals surface area contributed by atoms with Crippen LogP contribution in [0.5, 0.6) is 11.5 Å². The Kier molecular flexibility index (Phi) is 7.74. The summed E-state index contributed by atoms with van der Waals surface area (Å²) in [5.41, 5.74) is 1.67. The largest absolute Gasteiger partial charge is 0.493 e. The van der Waals surface area contributed by atoms with E-state index in [1.165, 1.54) is 0 Å². The lowest BCUT2D eigenvalue weighted by atomic mass is 10.1. The number of anilines is 1. The number of rotatable bonds is 10. The van der Waals surface area contributed by atoms with Crippen molar-refractivity contribution in [3.8, 4) is 11.5 Å². The molecule has 6 nitrogen and oxygen atoms in total. The molecule has 1 aromatic carbocycles. The van der Waals surface area contributed by atoms with Crippen molar-refractivity contribution < 1.29 is 14.3 Å². The molecule has 0 saturated heterocycles. The van der Waals surface area contributed by atoms with Gasteiger partial charge in [0.15, 0.2) is 11.5 Å². The highest BCUT2D eigenvalue weighted by molar-refractivity contribution is 5.94. The van der Waals surface area contributed by atoms with Gasteiger partial charge in [-0.3, -0.25) is 4.79 Å². The van der Waals surface area contributed by atoms with Crippen LogP contribution in [0.25, 0.3) is 0 Å². The molecule has 140 valence electrons. The highest BCUT2D eigenvalue weighted by Crippen LogP contribution is 2.27. The quantitative estimate of drug-likeness (QED) is 0.639. The molecule has 0 spiro atoms. The van der Waals surface area contributed by atoms with Crippen LogP contribution in [-0.2, 0) is 6.42 Å². The van der Waals surface area contributed by atoms with Gasteiger partial charge in [-0.2, -0.15) is 0 Å². The van der Waals surface area contributed by atoms with Gasteiger partial charge in [-0.05, 0) is 42.7 Å². The Hall–Kier alpha value is -2.76. The molecule has 0 radical (unpaired) electrons. The summed E-state index contributed by atoms with van der Waals surface area (Å²) in [6.45, 7) is 3.53. The second-order valence-electron chi connectivity index (χ2n) is 5.91. The number of carbonyl (C=O) groups is 1. The fourth-order valence-corrected chi connectivity index (χ4v) is 2.52. The van der Waals surface area contributed by atoms with Crippen molar-refractivity contribution >= 4 is 11.7 Å². The van der Waals surface area contributed by atoms with E-state index in [1.807, 2.05) is 18.2 Å². The van der Waals surface area contributed by atoms with Gasteiger partial charge in [0.1, 0.15) is 5.82 Å². The molecule has 0 aliphatic rings.